The summed E-state index contributed by atoms with van der Waals surface area (Å²) in [4.78, 5) is 21.6. The van der Waals surface area contributed by atoms with Crippen LogP contribution in [0.2, 0.25) is 0 Å². The number of carbonyl (C=O) groups is 2. The number of carboxylic acids is 1. The van der Waals surface area contributed by atoms with Gasteiger partial charge >= 0.3 is 11.9 Å². The van der Waals surface area contributed by atoms with Crippen LogP contribution in [0.4, 0.5) is 0 Å². The number of carboxylic acid groups (broad SMARTS) is 1. The molecule has 0 aromatic carbocycles. The molecule has 0 saturated carbocycles. The van der Waals surface area contributed by atoms with Gasteiger partial charge in [0.15, 0.2) is 0 Å². The highest BCUT2D eigenvalue weighted by molar-refractivity contribution is 5.90. The second kappa shape index (κ2) is 37.3. The maximum absolute atomic E-state index is 11.3. The molecule has 0 fully saturated rings. The van der Waals surface area contributed by atoms with Gasteiger partial charge in [0.05, 0.1) is 6.61 Å². The van der Waals surface area contributed by atoms with Gasteiger partial charge in [-0.1, -0.05) is 185 Å². The standard InChI is InChI=1S/C40H72O4/c1-2-3-4-5-6-7-8-9-10-11-12-13-14-15-16-17-18-19-20-21-22-23-24-25-26-27-28-29-30-31-32-33-34-35-38-44-40(43)37-36-39(41)42/h6-7,9-10,36-37H,2-5,8,11-35,38H2,1H3,(H,41,42)/b7-6-,10-9-,37-36+. The summed E-state index contributed by atoms with van der Waals surface area (Å²) in [6, 6.07) is 0. The van der Waals surface area contributed by atoms with Crippen LogP contribution in [0.5, 0.6) is 0 Å². The van der Waals surface area contributed by atoms with Gasteiger partial charge in [-0.3, -0.25) is 0 Å². The van der Waals surface area contributed by atoms with Crippen LogP contribution in [0.3, 0.4) is 0 Å². The van der Waals surface area contributed by atoms with E-state index in [2.05, 4.69) is 31.2 Å². The van der Waals surface area contributed by atoms with Gasteiger partial charge in [-0.15, -0.1) is 0 Å². The van der Waals surface area contributed by atoms with Crippen molar-refractivity contribution in [3.63, 3.8) is 0 Å². The third kappa shape index (κ3) is 38.2. The summed E-state index contributed by atoms with van der Waals surface area (Å²) in [5.74, 6) is -1.71. The number of hydrogen-bond acceptors (Lipinski definition) is 3. The molecule has 0 aliphatic rings. The highest BCUT2D eigenvalue weighted by Gasteiger charge is 1.99. The van der Waals surface area contributed by atoms with Gasteiger partial charge in [0.25, 0.3) is 0 Å². The second-order valence-electron chi connectivity index (χ2n) is 12.8. The Bertz CT molecular complexity index is 693. The van der Waals surface area contributed by atoms with Crippen molar-refractivity contribution in [1.82, 2.24) is 0 Å². The number of aliphatic carboxylic acids is 1. The highest BCUT2D eigenvalue weighted by atomic mass is 16.5. The Hall–Kier alpha value is -1.84. The molecule has 0 aromatic heterocycles. The molecule has 0 amide bonds. The number of carbonyl (C=O) groups excluding carboxylic acids is 1. The first kappa shape index (κ1) is 42.2. The number of unbranched alkanes of at least 4 members (excludes halogenated alkanes) is 27. The Morgan fingerprint density at radius 3 is 1.16 bits per heavy atom. The highest BCUT2D eigenvalue weighted by Crippen LogP contribution is 2.16. The first-order chi connectivity index (χ1) is 21.7. The zero-order valence-electron chi connectivity index (χ0n) is 29.1. The van der Waals surface area contributed by atoms with Crippen molar-refractivity contribution in [3.8, 4) is 0 Å². The molecule has 0 radical (unpaired) electrons. The van der Waals surface area contributed by atoms with E-state index in [1.54, 1.807) is 0 Å². The molecule has 0 atom stereocenters. The van der Waals surface area contributed by atoms with Crippen LogP contribution in [0.15, 0.2) is 36.5 Å². The molecule has 0 aromatic rings. The lowest BCUT2D eigenvalue weighted by Gasteiger charge is -2.04. The van der Waals surface area contributed by atoms with Gasteiger partial charge in [-0.2, -0.15) is 0 Å². The number of rotatable bonds is 35. The SMILES string of the molecule is CCCCC/C=C\C/C=C\CCCCCCCCCCCCCCCCCCCCCCCCCCOC(=O)/C=C/C(=O)O. The van der Waals surface area contributed by atoms with Crippen LogP contribution >= 0.6 is 0 Å². The zero-order valence-corrected chi connectivity index (χ0v) is 29.1. The van der Waals surface area contributed by atoms with Crippen molar-refractivity contribution >= 4 is 11.9 Å². The van der Waals surface area contributed by atoms with E-state index in [-0.39, 0.29) is 0 Å². The Morgan fingerprint density at radius 2 is 0.795 bits per heavy atom. The lowest BCUT2D eigenvalue weighted by Crippen LogP contribution is -2.03. The average Bonchev–Trinajstić information content (AvgIpc) is 3.02. The molecule has 0 saturated heterocycles. The van der Waals surface area contributed by atoms with E-state index in [1.165, 1.54) is 173 Å². The van der Waals surface area contributed by atoms with Gasteiger partial charge in [0.1, 0.15) is 0 Å². The molecular formula is C40H72O4. The van der Waals surface area contributed by atoms with Gasteiger partial charge in [-0.05, 0) is 38.5 Å². The fraction of sp³-hybridized carbons (Fsp3) is 0.800. The molecule has 0 bridgehead atoms. The third-order valence-electron chi connectivity index (χ3n) is 8.45. The third-order valence-corrected chi connectivity index (χ3v) is 8.45. The minimum atomic E-state index is -1.13. The van der Waals surface area contributed by atoms with Crippen molar-refractivity contribution in [1.29, 1.82) is 0 Å². The predicted octanol–water partition coefficient (Wildman–Crippen LogP) is 13.0. The Kier molecular flexibility index (Phi) is 35.8. The lowest BCUT2D eigenvalue weighted by molar-refractivity contribution is -0.138. The topological polar surface area (TPSA) is 63.6 Å². The van der Waals surface area contributed by atoms with E-state index in [0.717, 1.165) is 31.4 Å². The molecule has 0 unspecified atom stereocenters. The maximum atomic E-state index is 11.3. The van der Waals surface area contributed by atoms with Crippen molar-refractivity contribution in [2.45, 2.75) is 200 Å². The Balaban J connectivity index is 3.15. The summed E-state index contributed by atoms with van der Waals surface area (Å²) < 4.78 is 4.97. The Labute approximate surface area is 273 Å². The summed E-state index contributed by atoms with van der Waals surface area (Å²) in [7, 11) is 0. The second-order valence-corrected chi connectivity index (χ2v) is 12.8. The summed E-state index contributed by atoms with van der Waals surface area (Å²) in [6.07, 6.45) is 51.4. The first-order valence-corrected chi connectivity index (χ1v) is 19.0. The molecule has 0 heterocycles. The molecule has 4 heteroatoms. The quantitative estimate of drug-likeness (QED) is 0.0333. The van der Waals surface area contributed by atoms with Gasteiger partial charge in [0.2, 0.25) is 0 Å². The minimum Gasteiger partial charge on any atom is -0.478 e. The molecule has 0 rings (SSSR count). The monoisotopic (exact) mass is 617 g/mol. The van der Waals surface area contributed by atoms with Gasteiger partial charge in [0, 0.05) is 12.2 Å². The van der Waals surface area contributed by atoms with Crippen LogP contribution in [0, 0.1) is 0 Å². The van der Waals surface area contributed by atoms with Gasteiger partial charge in [-0.25, -0.2) is 9.59 Å². The average molecular weight is 617 g/mol. The summed E-state index contributed by atoms with van der Waals surface area (Å²) in [6.45, 7) is 2.64. The fourth-order valence-electron chi connectivity index (χ4n) is 5.63. The first-order valence-electron chi connectivity index (χ1n) is 19.0. The maximum Gasteiger partial charge on any atom is 0.331 e. The molecule has 0 spiro atoms. The molecule has 256 valence electrons. The molecular weight excluding hydrogens is 544 g/mol. The van der Waals surface area contributed by atoms with Gasteiger partial charge < -0.3 is 9.84 Å². The number of allylic oxidation sites excluding steroid dienone is 4. The van der Waals surface area contributed by atoms with E-state index in [1.807, 2.05) is 0 Å². The Morgan fingerprint density at radius 1 is 0.455 bits per heavy atom. The van der Waals surface area contributed by atoms with Crippen LogP contribution < -0.4 is 0 Å². The molecule has 0 aliphatic carbocycles. The van der Waals surface area contributed by atoms with Crippen molar-refractivity contribution in [2.75, 3.05) is 6.61 Å². The zero-order chi connectivity index (χ0) is 32.0. The van der Waals surface area contributed by atoms with Crippen molar-refractivity contribution in [2.24, 2.45) is 0 Å². The molecule has 4 nitrogen and oxygen atoms in total. The predicted molar refractivity (Wildman–Crippen MR) is 190 cm³/mol. The van der Waals surface area contributed by atoms with E-state index >= 15 is 0 Å². The van der Waals surface area contributed by atoms with Crippen molar-refractivity contribution in [3.05, 3.63) is 36.5 Å². The summed E-state index contributed by atoms with van der Waals surface area (Å²) in [5, 5.41) is 8.46. The van der Waals surface area contributed by atoms with Crippen LogP contribution in [0.25, 0.3) is 0 Å². The van der Waals surface area contributed by atoms with E-state index in [0.29, 0.717) is 6.61 Å². The normalized spacial score (nSPS) is 11.8. The van der Waals surface area contributed by atoms with E-state index in [4.69, 9.17) is 9.84 Å². The van der Waals surface area contributed by atoms with Crippen LogP contribution in [-0.2, 0) is 14.3 Å². The van der Waals surface area contributed by atoms with E-state index < -0.39 is 11.9 Å². The number of ether oxygens (including phenoxy) is 1. The molecule has 1 N–H and O–H groups in total. The van der Waals surface area contributed by atoms with Crippen molar-refractivity contribution < 1.29 is 19.4 Å². The lowest BCUT2D eigenvalue weighted by atomic mass is 10.0. The largest absolute Gasteiger partial charge is 0.478 e. The van der Waals surface area contributed by atoms with E-state index in [9.17, 15) is 9.59 Å². The smallest absolute Gasteiger partial charge is 0.331 e. The fourth-order valence-corrected chi connectivity index (χ4v) is 5.63. The number of hydrogen-bond donors (Lipinski definition) is 1. The molecule has 0 aliphatic heterocycles. The number of esters is 1. The van der Waals surface area contributed by atoms with Crippen LogP contribution in [-0.4, -0.2) is 23.7 Å². The summed E-state index contributed by atoms with van der Waals surface area (Å²) >= 11 is 0. The summed E-state index contributed by atoms with van der Waals surface area (Å²) in [5.41, 5.74) is 0. The van der Waals surface area contributed by atoms with Crippen LogP contribution in [0.1, 0.15) is 200 Å². The minimum absolute atomic E-state index is 0.375. The molecule has 44 heavy (non-hydrogen) atoms.